The molecule has 1 aliphatic heterocycles. The number of methoxy groups -OCH3 is 2. The van der Waals surface area contributed by atoms with Gasteiger partial charge >= 0.3 is 0 Å². The fourth-order valence-corrected chi connectivity index (χ4v) is 2.76. The Morgan fingerprint density at radius 3 is 2.38 bits per heavy atom. The molecule has 1 heterocycles. The van der Waals surface area contributed by atoms with E-state index in [4.69, 9.17) is 9.47 Å². The SMILES string of the molecule is COc1ccc(CC(C)N2CCN(C=O)CC2)cc1OC. The molecule has 1 atom stereocenters. The molecule has 1 saturated heterocycles. The minimum absolute atomic E-state index is 0.442. The first-order valence-electron chi connectivity index (χ1n) is 7.32. The summed E-state index contributed by atoms with van der Waals surface area (Å²) in [5.41, 5.74) is 1.23. The molecule has 0 aromatic heterocycles. The molecule has 0 bridgehead atoms. The van der Waals surface area contributed by atoms with Gasteiger partial charge in [0.15, 0.2) is 11.5 Å². The van der Waals surface area contributed by atoms with Crippen molar-refractivity contribution in [1.29, 1.82) is 0 Å². The van der Waals surface area contributed by atoms with Crippen molar-refractivity contribution in [1.82, 2.24) is 9.80 Å². The van der Waals surface area contributed by atoms with Crippen molar-refractivity contribution in [2.24, 2.45) is 0 Å². The highest BCUT2D eigenvalue weighted by Gasteiger charge is 2.20. The second-order valence-corrected chi connectivity index (χ2v) is 5.42. The van der Waals surface area contributed by atoms with Crippen molar-refractivity contribution < 1.29 is 14.3 Å². The Morgan fingerprint density at radius 1 is 1.14 bits per heavy atom. The van der Waals surface area contributed by atoms with E-state index in [1.54, 1.807) is 14.2 Å². The molecule has 0 spiro atoms. The van der Waals surface area contributed by atoms with E-state index in [2.05, 4.69) is 17.9 Å². The summed E-state index contributed by atoms with van der Waals surface area (Å²) in [6.07, 6.45) is 1.90. The zero-order chi connectivity index (χ0) is 15.2. The van der Waals surface area contributed by atoms with E-state index >= 15 is 0 Å². The molecule has 0 radical (unpaired) electrons. The standard InChI is InChI=1S/C16H24N2O3/c1-13(18-8-6-17(12-19)7-9-18)10-14-4-5-15(20-2)16(11-14)21-3/h4-5,11-13H,6-10H2,1-3H3. The summed E-state index contributed by atoms with van der Waals surface area (Å²) >= 11 is 0. The number of ether oxygens (including phenoxy) is 2. The molecule has 5 nitrogen and oxygen atoms in total. The molecule has 0 saturated carbocycles. The maximum absolute atomic E-state index is 10.7. The topological polar surface area (TPSA) is 42.0 Å². The molecule has 1 aromatic rings. The van der Waals surface area contributed by atoms with Crippen molar-refractivity contribution in [3.63, 3.8) is 0 Å². The minimum atomic E-state index is 0.442. The fraction of sp³-hybridized carbons (Fsp3) is 0.562. The Morgan fingerprint density at radius 2 is 1.81 bits per heavy atom. The Bertz CT molecular complexity index is 471. The normalized spacial score (nSPS) is 17.4. The van der Waals surface area contributed by atoms with Gasteiger partial charge < -0.3 is 14.4 Å². The first-order valence-corrected chi connectivity index (χ1v) is 7.32. The van der Waals surface area contributed by atoms with E-state index in [9.17, 15) is 4.79 Å². The van der Waals surface area contributed by atoms with Crippen molar-refractivity contribution in [2.75, 3.05) is 40.4 Å². The number of rotatable bonds is 6. The molecule has 1 unspecified atom stereocenters. The van der Waals surface area contributed by atoms with Crippen LogP contribution in [0.3, 0.4) is 0 Å². The number of piperazine rings is 1. The van der Waals surface area contributed by atoms with Crippen LogP contribution in [-0.4, -0.2) is 62.7 Å². The van der Waals surface area contributed by atoms with E-state index in [0.717, 1.165) is 50.5 Å². The summed E-state index contributed by atoms with van der Waals surface area (Å²) in [5.74, 6) is 1.53. The number of carbonyl (C=O) groups is 1. The third kappa shape index (κ3) is 3.88. The molecule has 1 amide bonds. The van der Waals surface area contributed by atoms with Crippen molar-refractivity contribution in [2.45, 2.75) is 19.4 Å². The predicted molar refractivity (Wildman–Crippen MR) is 81.9 cm³/mol. The Kier molecular flexibility index (Phi) is 5.44. The van der Waals surface area contributed by atoms with E-state index < -0.39 is 0 Å². The number of hydrogen-bond donors (Lipinski definition) is 0. The lowest BCUT2D eigenvalue weighted by Gasteiger charge is -2.36. The van der Waals surface area contributed by atoms with E-state index in [0.29, 0.717) is 6.04 Å². The maximum Gasteiger partial charge on any atom is 0.209 e. The molecule has 2 rings (SSSR count). The molecular formula is C16H24N2O3. The molecule has 1 fully saturated rings. The number of carbonyl (C=O) groups excluding carboxylic acids is 1. The van der Waals surface area contributed by atoms with Gasteiger partial charge in [-0.1, -0.05) is 6.07 Å². The van der Waals surface area contributed by atoms with Crippen LogP contribution < -0.4 is 9.47 Å². The summed E-state index contributed by atoms with van der Waals surface area (Å²) in [4.78, 5) is 15.0. The van der Waals surface area contributed by atoms with Crippen LogP contribution in [0.4, 0.5) is 0 Å². The number of amides is 1. The average molecular weight is 292 g/mol. The lowest BCUT2D eigenvalue weighted by Crippen LogP contribution is -2.49. The highest BCUT2D eigenvalue weighted by molar-refractivity contribution is 5.47. The summed E-state index contributed by atoms with van der Waals surface area (Å²) in [5, 5.41) is 0. The largest absolute Gasteiger partial charge is 0.493 e. The summed E-state index contributed by atoms with van der Waals surface area (Å²) < 4.78 is 10.6. The van der Waals surface area contributed by atoms with Crippen molar-refractivity contribution >= 4 is 6.41 Å². The van der Waals surface area contributed by atoms with E-state index in [-0.39, 0.29) is 0 Å². The van der Waals surface area contributed by atoms with Crippen LogP contribution in [0.25, 0.3) is 0 Å². The number of hydrogen-bond acceptors (Lipinski definition) is 4. The van der Waals surface area contributed by atoms with Gasteiger partial charge in [0.05, 0.1) is 14.2 Å². The van der Waals surface area contributed by atoms with Gasteiger partial charge in [-0.15, -0.1) is 0 Å². The third-order valence-corrected chi connectivity index (χ3v) is 4.10. The Balaban J connectivity index is 1.96. The quantitative estimate of drug-likeness (QED) is 0.744. The van der Waals surface area contributed by atoms with Gasteiger partial charge in [-0.2, -0.15) is 0 Å². The zero-order valence-electron chi connectivity index (χ0n) is 13.0. The fourth-order valence-electron chi connectivity index (χ4n) is 2.76. The van der Waals surface area contributed by atoms with Crippen molar-refractivity contribution in [3.8, 4) is 11.5 Å². The van der Waals surface area contributed by atoms with E-state index in [1.807, 2.05) is 17.0 Å². The molecule has 0 N–H and O–H groups in total. The zero-order valence-corrected chi connectivity index (χ0v) is 13.0. The van der Waals surface area contributed by atoms with Gasteiger partial charge in [-0.05, 0) is 31.0 Å². The van der Waals surface area contributed by atoms with Gasteiger partial charge in [0, 0.05) is 32.2 Å². The monoisotopic (exact) mass is 292 g/mol. The highest BCUT2D eigenvalue weighted by atomic mass is 16.5. The van der Waals surface area contributed by atoms with Gasteiger partial charge in [0.2, 0.25) is 6.41 Å². The number of benzene rings is 1. The van der Waals surface area contributed by atoms with Gasteiger partial charge in [-0.3, -0.25) is 9.69 Å². The molecule has 1 aromatic carbocycles. The summed E-state index contributed by atoms with van der Waals surface area (Å²) in [6.45, 7) is 5.74. The van der Waals surface area contributed by atoms with Crippen LogP contribution in [0.5, 0.6) is 11.5 Å². The van der Waals surface area contributed by atoms with Crippen molar-refractivity contribution in [3.05, 3.63) is 23.8 Å². The first-order chi connectivity index (χ1) is 10.2. The second-order valence-electron chi connectivity index (χ2n) is 5.42. The molecule has 21 heavy (non-hydrogen) atoms. The van der Waals surface area contributed by atoms with Crippen LogP contribution in [-0.2, 0) is 11.2 Å². The van der Waals surface area contributed by atoms with Gasteiger partial charge in [0.1, 0.15) is 0 Å². The average Bonchev–Trinajstić information content (AvgIpc) is 2.54. The summed E-state index contributed by atoms with van der Waals surface area (Å²) in [6, 6.07) is 6.51. The van der Waals surface area contributed by atoms with Crippen LogP contribution in [0.15, 0.2) is 18.2 Å². The van der Waals surface area contributed by atoms with Gasteiger partial charge in [0.25, 0.3) is 0 Å². The predicted octanol–water partition coefficient (Wildman–Crippen LogP) is 1.41. The minimum Gasteiger partial charge on any atom is -0.493 e. The first kappa shape index (κ1) is 15.6. The lowest BCUT2D eigenvalue weighted by atomic mass is 10.0. The lowest BCUT2D eigenvalue weighted by molar-refractivity contribution is -0.120. The molecule has 116 valence electrons. The van der Waals surface area contributed by atoms with Gasteiger partial charge in [-0.25, -0.2) is 0 Å². The molecule has 5 heteroatoms. The number of nitrogens with zero attached hydrogens (tertiary/aromatic N) is 2. The summed E-state index contributed by atoms with van der Waals surface area (Å²) in [7, 11) is 3.30. The molecule has 1 aliphatic rings. The van der Waals surface area contributed by atoms with E-state index in [1.165, 1.54) is 5.56 Å². The maximum atomic E-state index is 10.7. The molecule has 0 aliphatic carbocycles. The van der Waals surface area contributed by atoms with Crippen LogP contribution in [0.1, 0.15) is 12.5 Å². The van der Waals surface area contributed by atoms with Crippen LogP contribution in [0.2, 0.25) is 0 Å². The Labute approximate surface area is 126 Å². The molecular weight excluding hydrogens is 268 g/mol. The smallest absolute Gasteiger partial charge is 0.209 e. The van der Waals surface area contributed by atoms with Crippen LogP contribution in [0, 0.1) is 0 Å². The third-order valence-electron chi connectivity index (χ3n) is 4.10. The second kappa shape index (κ2) is 7.31. The Hall–Kier alpha value is -1.75. The van der Waals surface area contributed by atoms with Crippen LogP contribution >= 0.6 is 0 Å². The highest BCUT2D eigenvalue weighted by Crippen LogP contribution is 2.28.